The first-order valence-electron chi connectivity index (χ1n) is 17.6. The van der Waals surface area contributed by atoms with Gasteiger partial charge in [0.05, 0.1) is 0 Å². The van der Waals surface area contributed by atoms with Crippen LogP contribution in [0.15, 0.2) is 33.5 Å². The first kappa shape index (κ1) is 41.1. The van der Waals surface area contributed by atoms with Crippen molar-refractivity contribution in [1.29, 1.82) is 0 Å². The number of rotatable bonds is 21. The molecule has 252 valence electrons. The van der Waals surface area contributed by atoms with Gasteiger partial charge < -0.3 is 0 Å². The van der Waals surface area contributed by atoms with Crippen LogP contribution in [0, 0.1) is 17.8 Å². The van der Waals surface area contributed by atoms with Crippen molar-refractivity contribution in [3.63, 3.8) is 0 Å². The maximum absolute atomic E-state index is 12.2. The number of hydrogen-bond donors (Lipinski definition) is 1. The van der Waals surface area contributed by atoms with Gasteiger partial charge in [0.2, 0.25) is 0 Å². The van der Waals surface area contributed by atoms with Crippen molar-refractivity contribution in [2.45, 2.75) is 157 Å². The Labute approximate surface area is 273 Å². The summed E-state index contributed by atoms with van der Waals surface area (Å²) in [6.45, 7) is 30.7. The van der Waals surface area contributed by atoms with Gasteiger partial charge in [-0.3, -0.25) is 0 Å². The maximum atomic E-state index is 12.2. The molecule has 43 heavy (non-hydrogen) atoms. The van der Waals surface area contributed by atoms with Crippen LogP contribution in [-0.2, 0) is 13.9 Å². The van der Waals surface area contributed by atoms with E-state index in [1.165, 1.54) is 63.0 Å². The van der Waals surface area contributed by atoms with Gasteiger partial charge >= 0.3 is 275 Å². The summed E-state index contributed by atoms with van der Waals surface area (Å²) < 4.78 is 24.2. The zero-order chi connectivity index (χ0) is 32.8. The second-order valence-electron chi connectivity index (χ2n) is 15.3. The topological polar surface area (TPSA) is 47.9 Å². The molecule has 0 bridgehead atoms. The Hall–Kier alpha value is 0.0756. The average Bonchev–Trinajstić information content (AvgIpc) is 2.93. The molecular weight excluding hydrogens is 655 g/mol. The summed E-state index contributed by atoms with van der Waals surface area (Å²) in [6.07, 6.45) is 13.7. The molecule has 0 radical (unpaired) electrons. The van der Waals surface area contributed by atoms with Gasteiger partial charge in [-0.05, 0) is 0 Å². The van der Waals surface area contributed by atoms with Crippen LogP contribution in [-0.4, -0.2) is 64.5 Å². The van der Waals surface area contributed by atoms with Gasteiger partial charge in [-0.1, -0.05) is 0 Å². The van der Waals surface area contributed by atoms with Gasteiger partial charge in [0.25, 0.3) is 0 Å². The molecule has 2 unspecified atom stereocenters. The Balaban J connectivity index is 3.62. The predicted molar refractivity (Wildman–Crippen MR) is 193 cm³/mol. The first-order valence-corrected chi connectivity index (χ1v) is 28.0. The molecule has 1 aliphatic rings. The molecule has 1 aliphatic carbocycles. The van der Waals surface area contributed by atoms with Gasteiger partial charge in [-0.2, -0.15) is 0 Å². The van der Waals surface area contributed by atoms with Crippen molar-refractivity contribution in [1.82, 2.24) is 0 Å². The normalized spacial score (nSPS) is 21.9. The van der Waals surface area contributed by atoms with Crippen molar-refractivity contribution >= 4 is 26.7 Å². The van der Waals surface area contributed by atoms with Crippen molar-refractivity contribution in [2.24, 2.45) is 17.8 Å². The van der Waals surface area contributed by atoms with Crippen LogP contribution in [0.3, 0.4) is 0 Å². The predicted octanol–water partition coefficient (Wildman–Crippen LogP) is 10.9. The fourth-order valence-corrected chi connectivity index (χ4v) is 24.9. The number of methoxy groups -OCH3 is 1. The molecule has 5 atom stereocenters. The van der Waals surface area contributed by atoms with Crippen LogP contribution in [0.1, 0.15) is 114 Å². The third-order valence-corrected chi connectivity index (χ3v) is 31.6. The minimum atomic E-state index is -2.81. The van der Waals surface area contributed by atoms with Gasteiger partial charge in [-0.15, -0.1) is 0 Å². The Kier molecular flexibility index (Phi) is 18.8. The zero-order valence-electron chi connectivity index (χ0n) is 30.6. The molecular formula is C37H72O4SiSn. The van der Waals surface area contributed by atoms with E-state index >= 15 is 0 Å². The van der Waals surface area contributed by atoms with E-state index < -0.39 is 32.8 Å². The molecule has 0 saturated carbocycles. The third kappa shape index (κ3) is 12.7. The molecule has 0 aromatic rings. The van der Waals surface area contributed by atoms with Crippen molar-refractivity contribution < 1.29 is 19.0 Å². The minimum absolute atomic E-state index is 0.0386. The van der Waals surface area contributed by atoms with Crippen molar-refractivity contribution in [3.8, 4) is 0 Å². The standard InChI is InChI=1S/C25H45O4Si.3C4H9.Sn/c1-18(2)21-15-19(3)16-23(28-17-27-8)24(21)20(4)22(26)13-11-12-14-29-30(9,10)25(5,6)7;3*1-3-4-2;/h13,16,20-24,26H,1,12,14-15,17H2,2-10H3;3*1,3-4H2,2H3;/t20?,21-,22+,23+,24?;;;;/m0..../s1. The van der Waals surface area contributed by atoms with E-state index in [1.54, 1.807) is 10.7 Å². The Morgan fingerprint density at radius 3 is 2.07 bits per heavy atom. The molecule has 4 nitrogen and oxygen atoms in total. The summed E-state index contributed by atoms with van der Waals surface area (Å²) in [5.74, 6) is 0.472. The van der Waals surface area contributed by atoms with Crippen LogP contribution in [0.4, 0.5) is 0 Å². The molecule has 0 amide bonds. The van der Waals surface area contributed by atoms with Crippen LogP contribution in [0.25, 0.3) is 0 Å². The first-order chi connectivity index (χ1) is 20.1. The van der Waals surface area contributed by atoms with E-state index in [0.29, 0.717) is 0 Å². The molecule has 0 aliphatic heterocycles. The zero-order valence-corrected chi connectivity index (χ0v) is 34.5. The van der Waals surface area contributed by atoms with Gasteiger partial charge in [0, 0.05) is 0 Å². The van der Waals surface area contributed by atoms with E-state index in [9.17, 15) is 5.11 Å². The number of aliphatic hydroxyl groups is 1. The third-order valence-electron chi connectivity index (χ3n) is 10.7. The van der Waals surface area contributed by atoms with E-state index in [2.05, 4.69) is 94.1 Å². The molecule has 0 saturated heterocycles. The average molecular weight is 728 g/mol. The van der Waals surface area contributed by atoms with Gasteiger partial charge in [0.15, 0.2) is 0 Å². The number of aliphatic hydroxyl groups excluding tert-OH is 1. The van der Waals surface area contributed by atoms with Gasteiger partial charge in [0.1, 0.15) is 0 Å². The molecule has 0 spiro atoms. The molecule has 1 rings (SSSR count). The monoisotopic (exact) mass is 728 g/mol. The van der Waals surface area contributed by atoms with Gasteiger partial charge in [-0.25, -0.2) is 0 Å². The van der Waals surface area contributed by atoms with Crippen molar-refractivity contribution in [2.75, 3.05) is 20.5 Å². The fraction of sp³-hybridized carbons (Fsp3) is 0.838. The Morgan fingerprint density at radius 2 is 1.63 bits per heavy atom. The Bertz CT molecular complexity index is 853. The molecule has 0 fully saturated rings. The summed E-state index contributed by atoms with van der Waals surface area (Å²) in [6, 6.07) is 0. The van der Waals surface area contributed by atoms with E-state index in [-0.39, 0.29) is 35.7 Å². The molecule has 0 aromatic heterocycles. The summed E-state index contributed by atoms with van der Waals surface area (Å²) in [5.41, 5.74) is 2.51. The quantitative estimate of drug-likeness (QED) is 0.0727. The summed E-state index contributed by atoms with van der Waals surface area (Å²) >= 11 is -2.81. The molecule has 1 N–H and O–H groups in total. The fourth-order valence-electron chi connectivity index (χ4n) is 6.79. The Morgan fingerprint density at radius 1 is 1.09 bits per heavy atom. The number of unbranched alkanes of at least 4 members (excludes halogenated alkanes) is 3. The molecule has 0 aromatic carbocycles. The summed E-state index contributed by atoms with van der Waals surface area (Å²) in [4.78, 5) is 0. The second kappa shape index (κ2) is 19.7. The summed E-state index contributed by atoms with van der Waals surface area (Å²) in [5, 5.41) is 12.4. The number of hydrogen-bond acceptors (Lipinski definition) is 4. The van der Waals surface area contributed by atoms with E-state index in [1.807, 2.05) is 0 Å². The molecule has 0 heterocycles. The van der Waals surface area contributed by atoms with Crippen LogP contribution in [0.5, 0.6) is 0 Å². The van der Waals surface area contributed by atoms with Crippen molar-refractivity contribution in [3.05, 3.63) is 33.5 Å². The van der Waals surface area contributed by atoms with E-state index in [4.69, 9.17) is 13.9 Å². The molecule has 6 heteroatoms. The number of allylic oxidation sites excluding steroid dienone is 2. The second-order valence-corrected chi connectivity index (χ2v) is 33.5. The number of ether oxygens (including phenoxy) is 2. The van der Waals surface area contributed by atoms with Crippen LogP contribution >= 0.6 is 0 Å². The summed E-state index contributed by atoms with van der Waals surface area (Å²) in [7, 11) is -0.177. The van der Waals surface area contributed by atoms with E-state index in [0.717, 1.165) is 19.4 Å². The van der Waals surface area contributed by atoms with Crippen LogP contribution in [0.2, 0.25) is 31.4 Å². The van der Waals surface area contributed by atoms with Crippen LogP contribution < -0.4 is 0 Å². The SMILES string of the molecule is C=C(C)[C@@H]1CC(C)=C[C@@H](OCOC)C1C(C)[C@H](O)/C=[C](\CCO[Si](C)(C)C(C)(C)C)[Sn]([CH2]CCC)([CH2]CCC)[CH2]CCC.